The summed E-state index contributed by atoms with van der Waals surface area (Å²) in [5.41, 5.74) is 6.27. The number of carbonyl (C=O) groups is 3. The Morgan fingerprint density at radius 2 is 1.53 bits per heavy atom. The van der Waals surface area contributed by atoms with E-state index in [0.717, 1.165) is 38.9 Å². The molecule has 8 rings (SSSR count). The van der Waals surface area contributed by atoms with Crippen molar-refractivity contribution in [2.24, 2.45) is 0 Å². The first kappa shape index (κ1) is 33.4. The van der Waals surface area contributed by atoms with E-state index in [-0.39, 0.29) is 24.1 Å². The highest BCUT2D eigenvalue weighted by Gasteiger charge is 2.37. The van der Waals surface area contributed by atoms with E-state index in [0.29, 0.717) is 55.5 Å². The summed E-state index contributed by atoms with van der Waals surface area (Å²) in [4.78, 5) is 55.9. The van der Waals surface area contributed by atoms with Gasteiger partial charge in [0.15, 0.2) is 11.8 Å². The molecule has 0 saturated carbocycles. The second kappa shape index (κ2) is 14.5. The summed E-state index contributed by atoms with van der Waals surface area (Å²) in [7, 11) is 0. The molecule has 0 spiro atoms. The first-order valence-electron chi connectivity index (χ1n) is 17.6. The number of likely N-dealkylation sites (tertiary alicyclic amines) is 1. The molecule has 0 bridgehead atoms. The summed E-state index contributed by atoms with van der Waals surface area (Å²) >= 11 is 0. The topological polar surface area (TPSA) is 124 Å². The van der Waals surface area contributed by atoms with Gasteiger partial charge >= 0.3 is 0 Å². The maximum atomic E-state index is 13.4. The Bertz CT molecular complexity index is 2390. The molecule has 2 aromatic heterocycles. The van der Waals surface area contributed by atoms with Crippen molar-refractivity contribution in [2.75, 3.05) is 18.4 Å². The van der Waals surface area contributed by atoms with Gasteiger partial charge in [0.05, 0.1) is 30.1 Å². The molecule has 53 heavy (non-hydrogen) atoms. The van der Waals surface area contributed by atoms with Gasteiger partial charge in [-0.2, -0.15) is 0 Å². The highest BCUT2D eigenvalue weighted by molar-refractivity contribution is 6.00. The minimum Gasteiger partial charge on any atom is -0.436 e. The monoisotopic (exact) mass is 700 g/mol. The van der Waals surface area contributed by atoms with Crippen LogP contribution in [-0.2, 0) is 27.2 Å². The number of nitrogens with one attached hydrogen (secondary N) is 2. The molecule has 1 saturated heterocycles. The van der Waals surface area contributed by atoms with Gasteiger partial charge < -0.3 is 24.5 Å². The van der Waals surface area contributed by atoms with E-state index in [1.807, 2.05) is 91.0 Å². The smallest absolute Gasteiger partial charge is 0.251 e. The summed E-state index contributed by atoms with van der Waals surface area (Å²) < 4.78 is 6.17. The van der Waals surface area contributed by atoms with Crippen LogP contribution in [0.15, 0.2) is 126 Å². The normalized spacial score (nSPS) is 16.7. The standard InChI is InChI=1S/C43H36N6O4/c1-28-21-23-49(39(51)25-30-12-6-3-7-13-30)40(28)42(52)45-33-18-15-31(16-19-33)43-44-27-37(53-43)32-17-20-34-35(26-32)47-41(46-34)36-14-8-9-22-48(36)38(50)24-29-10-4-2-5-11-29/h2-7,10-13,15-20,26-27,36,40H,1,9,21-25H2,(H,45,52)(H,46,47). The molecule has 0 radical (unpaired) electrons. The van der Waals surface area contributed by atoms with Crippen LogP contribution >= 0.6 is 0 Å². The van der Waals surface area contributed by atoms with Crippen LogP contribution in [0.4, 0.5) is 5.69 Å². The third kappa shape index (κ3) is 7.10. The third-order valence-electron chi connectivity index (χ3n) is 9.63. The van der Waals surface area contributed by atoms with Crippen molar-refractivity contribution in [3.63, 3.8) is 0 Å². The lowest BCUT2D eigenvalue weighted by Gasteiger charge is -2.29. The summed E-state index contributed by atoms with van der Waals surface area (Å²) in [6, 6.07) is 31.1. The van der Waals surface area contributed by atoms with Crippen molar-refractivity contribution in [3.05, 3.63) is 138 Å². The number of hydrogen-bond acceptors (Lipinski definition) is 6. The summed E-state index contributed by atoms with van der Waals surface area (Å²) in [5, 5.41) is 2.95. The number of nitrogens with zero attached hydrogens (tertiary/aromatic N) is 4. The molecule has 2 unspecified atom stereocenters. The molecule has 1 fully saturated rings. The molecule has 2 aliphatic heterocycles. The van der Waals surface area contributed by atoms with Crippen molar-refractivity contribution in [1.82, 2.24) is 24.8 Å². The van der Waals surface area contributed by atoms with Gasteiger partial charge in [0.25, 0.3) is 5.91 Å². The largest absolute Gasteiger partial charge is 0.436 e. The van der Waals surface area contributed by atoms with E-state index in [1.54, 1.807) is 28.1 Å². The molecule has 6 aromatic rings. The summed E-state index contributed by atoms with van der Waals surface area (Å²) in [5.74, 6) is 7.62. The fourth-order valence-electron chi connectivity index (χ4n) is 6.89. The molecule has 0 aliphatic carbocycles. The van der Waals surface area contributed by atoms with Crippen LogP contribution in [0, 0.1) is 11.8 Å². The lowest BCUT2D eigenvalue weighted by Crippen LogP contribution is -2.44. The zero-order chi connectivity index (χ0) is 36.3. The number of aromatic amines is 1. The summed E-state index contributed by atoms with van der Waals surface area (Å²) in [6.07, 6.45) is 3.42. The number of anilines is 1. The first-order valence-corrected chi connectivity index (χ1v) is 17.6. The highest BCUT2D eigenvalue weighted by Crippen LogP contribution is 2.31. The van der Waals surface area contributed by atoms with Gasteiger partial charge in [0.1, 0.15) is 11.9 Å². The van der Waals surface area contributed by atoms with Gasteiger partial charge in [-0.3, -0.25) is 14.4 Å². The number of rotatable bonds is 9. The lowest BCUT2D eigenvalue weighted by atomic mass is 10.1. The van der Waals surface area contributed by atoms with Crippen LogP contribution in [0.2, 0.25) is 0 Å². The van der Waals surface area contributed by atoms with E-state index in [4.69, 9.17) is 9.40 Å². The van der Waals surface area contributed by atoms with E-state index in [1.165, 1.54) is 0 Å². The SMILES string of the molecule is C=C1CCN(C(=O)Cc2ccccc2)C1C(=O)Nc1ccc(-c2ncc(-c3ccc4nc(C5C#CCCN5C(=O)Cc5ccccc5)[nH]c4c3)o2)cc1. The van der Waals surface area contributed by atoms with Crippen molar-refractivity contribution in [3.8, 4) is 34.6 Å². The number of oxazole rings is 1. The number of fused-ring (bicyclic) bond motifs is 1. The lowest BCUT2D eigenvalue weighted by molar-refractivity contribution is -0.135. The van der Waals surface area contributed by atoms with Crippen LogP contribution in [0.1, 0.15) is 35.8 Å². The molecular formula is C43H36N6O4. The van der Waals surface area contributed by atoms with E-state index < -0.39 is 12.1 Å². The first-order chi connectivity index (χ1) is 25.9. The Morgan fingerprint density at radius 3 is 2.25 bits per heavy atom. The van der Waals surface area contributed by atoms with Crippen LogP contribution in [0.3, 0.4) is 0 Å². The highest BCUT2D eigenvalue weighted by atomic mass is 16.4. The van der Waals surface area contributed by atoms with E-state index in [9.17, 15) is 14.4 Å². The predicted molar refractivity (Wildman–Crippen MR) is 202 cm³/mol. The van der Waals surface area contributed by atoms with Crippen LogP contribution in [0.5, 0.6) is 0 Å². The number of hydrogen-bond donors (Lipinski definition) is 2. The van der Waals surface area contributed by atoms with Crippen molar-refractivity contribution < 1.29 is 18.8 Å². The zero-order valence-electron chi connectivity index (χ0n) is 28.9. The maximum absolute atomic E-state index is 13.4. The molecule has 10 heteroatoms. The van der Waals surface area contributed by atoms with Crippen molar-refractivity contribution in [2.45, 2.75) is 37.8 Å². The quantitative estimate of drug-likeness (QED) is 0.127. The number of benzene rings is 4. The van der Waals surface area contributed by atoms with Gasteiger partial charge in [-0.05, 0) is 65.6 Å². The second-order valence-corrected chi connectivity index (χ2v) is 13.2. The molecule has 262 valence electrons. The number of imidazole rings is 1. The second-order valence-electron chi connectivity index (χ2n) is 13.2. The Hall–Kier alpha value is -6.73. The van der Waals surface area contributed by atoms with E-state index >= 15 is 0 Å². The molecule has 4 heterocycles. The molecule has 10 nitrogen and oxygen atoms in total. The Kier molecular flexibility index (Phi) is 9.13. The molecule has 2 N–H and O–H groups in total. The third-order valence-corrected chi connectivity index (χ3v) is 9.63. The van der Waals surface area contributed by atoms with E-state index in [2.05, 4.69) is 33.7 Å². The van der Waals surface area contributed by atoms with Gasteiger partial charge in [-0.1, -0.05) is 79.1 Å². The van der Waals surface area contributed by atoms with Crippen LogP contribution in [-0.4, -0.2) is 61.6 Å². The Labute approximate surface area is 306 Å². The van der Waals surface area contributed by atoms with Crippen molar-refractivity contribution in [1.29, 1.82) is 0 Å². The average Bonchev–Trinajstić information content (AvgIpc) is 3.94. The minimum atomic E-state index is -0.722. The fourth-order valence-corrected chi connectivity index (χ4v) is 6.89. The Balaban J connectivity index is 0.935. The molecular weight excluding hydrogens is 665 g/mol. The van der Waals surface area contributed by atoms with Crippen LogP contribution in [0.25, 0.3) is 33.8 Å². The number of amides is 3. The van der Waals surface area contributed by atoms with Gasteiger partial charge in [0.2, 0.25) is 17.7 Å². The molecule has 3 amide bonds. The van der Waals surface area contributed by atoms with Gasteiger partial charge in [-0.25, -0.2) is 9.97 Å². The number of carbonyl (C=O) groups excluding carboxylic acids is 3. The average molecular weight is 701 g/mol. The minimum absolute atomic E-state index is 0.0123. The molecule has 4 aromatic carbocycles. The number of H-pyrrole nitrogens is 1. The fraction of sp³-hybridized carbons (Fsp3) is 0.186. The predicted octanol–water partition coefficient (Wildman–Crippen LogP) is 6.74. The molecule has 2 aliphatic rings. The zero-order valence-corrected chi connectivity index (χ0v) is 28.9. The van der Waals surface area contributed by atoms with Gasteiger partial charge in [0, 0.05) is 36.3 Å². The molecule has 2 atom stereocenters. The van der Waals surface area contributed by atoms with Crippen LogP contribution < -0.4 is 5.32 Å². The number of aromatic nitrogens is 3. The Morgan fingerprint density at radius 1 is 0.849 bits per heavy atom. The summed E-state index contributed by atoms with van der Waals surface area (Å²) in [6.45, 7) is 5.09. The van der Waals surface area contributed by atoms with Gasteiger partial charge in [-0.15, -0.1) is 0 Å². The maximum Gasteiger partial charge on any atom is 0.251 e. The van der Waals surface area contributed by atoms with Crippen molar-refractivity contribution >= 4 is 34.4 Å².